The van der Waals surface area contributed by atoms with Gasteiger partial charge in [0.2, 0.25) is 0 Å². The third-order valence-corrected chi connectivity index (χ3v) is 6.96. The fraction of sp³-hybridized carbons (Fsp3) is 0.364. The Hall–Kier alpha value is -1.20. The molecule has 0 radical (unpaired) electrons. The molecule has 138 valence electrons. The van der Waals surface area contributed by atoms with E-state index in [-0.39, 0.29) is 0 Å². The van der Waals surface area contributed by atoms with Crippen molar-refractivity contribution in [1.29, 1.82) is 0 Å². The summed E-state index contributed by atoms with van der Waals surface area (Å²) in [5, 5.41) is 5.52. The van der Waals surface area contributed by atoms with Crippen LogP contribution in [0, 0.1) is 0 Å². The predicted octanol–water partition coefficient (Wildman–Crippen LogP) is 5.66. The van der Waals surface area contributed by atoms with Crippen molar-refractivity contribution in [2.75, 3.05) is 24.6 Å². The van der Waals surface area contributed by atoms with Gasteiger partial charge in [-0.05, 0) is 71.8 Å². The lowest BCUT2D eigenvalue weighted by molar-refractivity contribution is 0.814. The van der Waals surface area contributed by atoms with Crippen molar-refractivity contribution in [1.82, 2.24) is 0 Å². The summed E-state index contributed by atoms with van der Waals surface area (Å²) in [6.07, 6.45) is 4.52. The Labute approximate surface area is 165 Å². The lowest BCUT2D eigenvalue weighted by Gasteiger charge is -2.16. The van der Waals surface area contributed by atoms with Gasteiger partial charge in [-0.2, -0.15) is 0 Å². The lowest BCUT2D eigenvalue weighted by Crippen LogP contribution is -1.99. The number of nitrogens with two attached hydrogens (primary N) is 2. The average molecular weight is 385 g/mol. The van der Waals surface area contributed by atoms with Crippen LogP contribution >= 0.6 is 23.5 Å². The molecule has 0 bridgehead atoms. The summed E-state index contributed by atoms with van der Waals surface area (Å²) >= 11 is 3.96. The van der Waals surface area contributed by atoms with Gasteiger partial charge in [0.25, 0.3) is 0 Å². The fourth-order valence-corrected chi connectivity index (χ4v) is 5.64. The highest BCUT2D eigenvalue weighted by Crippen LogP contribution is 2.43. The molecule has 0 unspecified atom stereocenters. The zero-order valence-electron chi connectivity index (χ0n) is 15.2. The third kappa shape index (κ3) is 4.55. The molecule has 0 aromatic heterocycles. The van der Waals surface area contributed by atoms with E-state index in [1.807, 2.05) is 23.5 Å². The number of hydrogen-bond acceptors (Lipinski definition) is 4. The molecule has 26 heavy (non-hydrogen) atoms. The monoisotopic (exact) mass is 384 g/mol. The summed E-state index contributed by atoms with van der Waals surface area (Å²) in [5.41, 5.74) is 11.3. The van der Waals surface area contributed by atoms with Crippen LogP contribution in [0.25, 0.3) is 21.5 Å². The molecule has 2 nitrogen and oxygen atoms in total. The molecule has 0 aliphatic rings. The van der Waals surface area contributed by atoms with Gasteiger partial charge in [0.05, 0.1) is 0 Å². The van der Waals surface area contributed by atoms with Gasteiger partial charge in [-0.25, -0.2) is 0 Å². The maximum atomic E-state index is 5.66. The molecule has 0 amide bonds. The van der Waals surface area contributed by atoms with Crippen molar-refractivity contribution >= 4 is 45.1 Å². The van der Waals surface area contributed by atoms with Crippen LogP contribution < -0.4 is 11.5 Å². The summed E-state index contributed by atoms with van der Waals surface area (Å²) < 4.78 is 0. The van der Waals surface area contributed by atoms with Crippen LogP contribution in [0.2, 0.25) is 0 Å². The van der Waals surface area contributed by atoms with E-state index >= 15 is 0 Å². The van der Waals surface area contributed by atoms with E-state index < -0.39 is 0 Å². The Morgan fingerprint density at radius 1 is 0.538 bits per heavy atom. The summed E-state index contributed by atoms with van der Waals surface area (Å²) in [6, 6.07) is 17.7. The average Bonchev–Trinajstić information content (AvgIpc) is 2.69. The molecule has 3 aromatic carbocycles. The Balaban J connectivity index is 2.03. The molecule has 0 saturated heterocycles. The van der Waals surface area contributed by atoms with Crippen LogP contribution in [-0.4, -0.2) is 24.6 Å². The Kier molecular flexibility index (Phi) is 7.69. The fourth-order valence-electron chi connectivity index (χ4n) is 3.20. The summed E-state index contributed by atoms with van der Waals surface area (Å²) in [6.45, 7) is 1.56. The number of thioether (sulfide) groups is 2. The molecule has 4 N–H and O–H groups in total. The van der Waals surface area contributed by atoms with Gasteiger partial charge in [0, 0.05) is 9.79 Å². The van der Waals surface area contributed by atoms with E-state index in [1.54, 1.807) is 0 Å². The predicted molar refractivity (Wildman–Crippen MR) is 119 cm³/mol. The molecule has 0 aliphatic heterocycles. The molecule has 3 rings (SSSR count). The molecule has 0 saturated carbocycles. The second-order valence-electron chi connectivity index (χ2n) is 6.44. The largest absolute Gasteiger partial charge is 0.330 e. The van der Waals surface area contributed by atoms with Crippen LogP contribution in [0.5, 0.6) is 0 Å². The van der Waals surface area contributed by atoms with Crippen molar-refractivity contribution in [3.8, 4) is 0 Å². The molecule has 0 atom stereocenters. The normalized spacial score (nSPS) is 11.5. The lowest BCUT2D eigenvalue weighted by atomic mass is 10.0. The molecule has 0 fully saturated rings. The van der Waals surface area contributed by atoms with Crippen molar-refractivity contribution < 1.29 is 0 Å². The van der Waals surface area contributed by atoms with Gasteiger partial charge in [-0.3, -0.25) is 0 Å². The molecule has 4 heteroatoms. The van der Waals surface area contributed by atoms with E-state index in [4.69, 9.17) is 11.5 Å². The first kappa shape index (κ1) is 19.6. The molecule has 3 aromatic rings. The number of unbranched alkanes of at least 4 members (excludes halogenated alkanes) is 2. The van der Waals surface area contributed by atoms with Crippen LogP contribution in [0.3, 0.4) is 0 Å². The number of benzene rings is 3. The van der Waals surface area contributed by atoms with Crippen LogP contribution in [0.1, 0.15) is 25.7 Å². The number of rotatable bonds is 10. The maximum absolute atomic E-state index is 5.66. The minimum Gasteiger partial charge on any atom is -0.330 e. The van der Waals surface area contributed by atoms with E-state index in [0.717, 1.165) is 37.4 Å². The Morgan fingerprint density at radius 3 is 1.19 bits per heavy atom. The third-order valence-electron chi connectivity index (χ3n) is 4.52. The second kappa shape index (κ2) is 10.2. The van der Waals surface area contributed by atoms with Gasteiger partial charge in [-0.1, -0.05) is 48.5 Å². The van der Waals surface area contributed by atoms with Gasteiger partial charge in [-0.15, -0.1) is 23.5 Å². The quantitative estimate of drug-likeness (QED) is 0.269. The molecule has 0 aliphatic carbocycles. The summed E-state index contributed by atoms with van der Waals surface area (Å²) in [4.78, 5) is 2.83. The molecule has 0 spiro atoms. The zero-order chi connectivity index (χ0) is 18.2. The van der Waals surface area contributed by atoms with E-state index in [9.17, 15) is 0 Å². The van der Waals surface area contributed by atoms with Crippen molar-refractivity contribution in [2.24, 2.45) is 11.5 Å². The van der Waals surface area contributed by atoms with Gasteiger partial charge in [0.15, 0.2) is 0 Å². The first-order valence-electron chi connectivity index (χ1n) is 9.46. The Bertz CT molecular complexity index is 721. The van der Waals surface area contributed by atoms with Crippen molar-refractivity contribution in [2.45, 2.75) is 35.5 Å². The summed E-state index contributed by atoms with van der Waals surface area (Å²) in [7, 11) is 0. The first-order valence-corrected chi connectivity index (χ1v) is 11.4. The van der Waals surface area contributed by atoms with Gasteiger partial charge in [0.1, 0.15) is 0 Å². The van der Waals surface area contributed by atoms with Crippen LogP contribution in [-0.2, 0) is 0 Å². The highest BCUT2D eigenvalue weighted by Gasteiger charge is 2.14. The number of fused-ring (bicyclic) bond motifs is 2. The highest BCUT2D eigenvalue weighted by molar-refractivity contribution is 8.00. The minimum absolute atomic E-state index is 0.778. The number of hydrogen-bond donors (Lipinski definition) is 2. The summed E-state index contributed by atoms with van der Waals surface area (Å²) in [5.74, 6) is 2.24. The van der Waals surface area contributed by atoms with Crippen molar-refractivity contribution in [3.05, 3.63) is 48.5 Å². The molecular weight excluding hydrogens is 356 g/mol. The van der Waals surface area contributed by atoms with E-state index in [2.05, 4.69) is 48.5 Å². The maximum Gasteiger partial charge on any atom is 0.0230 e. The van der Waals surface area contributed by atoms with Crippen LogP contribution in [0.4, 0.5) is 0 Å². The standard InChI is InChI=1S/C22H28N2S2/c23-13-5-7-15-25-21-17-9-1-2-10-18(17)22(26-16-8-6-14-24)20-12-4-3-11-19(20)21/h1-4,9-12H,5-8,13-16,23-24H2. The smallest absolute Gasteiger partial charge is 0.0230 e. The topological polar surface area (TPSA) is 52.0 Å². The van der Waals surface area contributed by atoms with Crippen LogP contribution in [0.15, 0.2) is 58.3 Å². The molecule has 0 heterocycles. The first-order chi connectivity index (χ1) is 12.9. The van der Waals surface area contributed by atoms with E-state index in [0.29, 0.717) is 0 Å². The van der Waals surface area contributed by atoms with E-state index in [1.165, 1.54) is 44.2 Å². The Morgan fingerprint density at radius 2 is 0.885 bits per heavy atom. The second-order valence-corrected chi connectivity index (χ2v) is 8.65. The molecular formula is C22H28N2S2. The SMILES string of the molecule is NCCCCSc1c2ccccc2c(SCCCCN)c2ccccc12. The van der Waals surface area contributed by atoms with Crippen molar-refractivity contribution in [3.63, 3.8) is 0 Å². The zero-order valence-corrected chi connectivity index (χ0v) is 16.9. The van der Waals surface area contributed by atoms with Gasteiger partial charge < -0.3 is 11.5 Å². The highest BCUT2D eigenvalue weighted by atomic mass is 32.2. The minimum atomic E-state index is 0.778. The van der Waals surface area contributed by atoms with Gasteiger partial charge >= 0.3 is 0 Å².